The summed E-state index contributed by atoms with van der Waals surface area (Å²) in [5.74, 6) is 1.08. The summed E-state index contributed by atoms with van der Waals surface area (Å²) in [4.78, 5) is 12.2. The van der Waals surface area contributed by atoms with E-state index < -0.39 is 0 Å². The van der Waals surface area contributed by atoms with Crippen molar-refractivity contribution in [1.82, 2.24) is 0 Å². The Labute approximate surface area is 143 Å². The van der Waals surface area contributed by atoms with Gasteiger partial charge in [-0.2, -0.15) is 0 Å². The number of hydrogen-bond acceptors (Lipinski definition) is 1. The predicted octanol–water partition coefficient (Wildman–Crippen LogP) is 5.54. The van der Waals surface area contributed by atoms with Crippen LogP contribution in [0.1, 0.15) is 25.8 Å². The Morgan fingerprint density at radius 3 is 2.17 bits per heavy atom. The van der Waals surface area contributed by atoms with Crippen molar-refractivity contribution in [2.75, 3.05) is 0 Å². The number of carbonyl (C=O) groups excluding carboxylic acids is 1. The van der Waals surface area contributed by atoms with Crippen LogP contribution in [0.3, 0.4) is 0 Å². The van der Waals surface area contributed by atoms with E-state index in [1.165, 1.54) is 22.3 Å². The van der Waals surface area contributed by atoms with Crippen LogP contribution >= 0.6 is 0 Å². The largest absolute Gasteiger partial charge is 0.295 e. The van der Waals surface area contributed by atoms with Gasteiger partial charge in [-0.25, -0.2) is 0 Å². The summed E-state index contributed by atoms with van der Waals surface area (Å²) in [6.07, 6.45) is 7.15. The Bertz CT molecular complexity index is 822. The van der Waals surface area contributed by atoms with Crippen LogP contribution in [0.15, 0.2) is 72.3 Å². The Balaban J connectivity index is 1.54. The van der Waals surface area contributed by atoms with Gasteiger partial charge in [0.15, 0.2) is 5.78 Å². The lowest BCUT2D eigenvalue weighted by atomic mass is 9.48. The lowest BCUT2D eigenvalue weighted by molar-refractivity contribution is -0.133. The number of carbonyl (C=O) groups is 1. The highest BCUT2D eigenvalue weighted by molar-refractivity contribution is 5.96. The maximum atomic E-state index is 12.2. The molecule has 1 saturated carbocycles. The maximum Gasteiger partial charge on any atom is 0.159 e. The smallest absolute Gasteiger partial charge is 0.159 e. The van der Waals surface area contributed by atoms with Crippen LogP contribution in [-0.4, -0.2) is 5.78 Å². The molecule has 0 saturated heterocycles. The van der Waals surface area contributed by atoms with E-state index in [-0.39, 0.29) is 11.3 Å². The molecule has 0 spiro atoms. The van der Waals surface area contributed by atoms with Gasteiger partial charge in [0.25, 0.3) is 0 Å². The molecule has 0 aromatic heterocycles. The Morgan fingerprint density at radius 2 is 1.54 bits per heavy atom. The van der Waals surface area contributed by atoms with Crippen molar-refractivity contribution in [2.45, 2.75) is 20.3 Å². The summed E-state index contributed by atoms with van der Waals surface area (Å²) in [6.45, 7) is 4.44. The second-order valence-corrected chi connectivity index (χ2v) is 7.53. The molecule has 2 aromatic carbocycles. The van der Waals surface area contributed by atoms with Gasteiger partial charge in [0.1, 0.15) is 0 Å². The molecule has 1 fully saturated rings. The van der Waals surface area contributed by atoms with Crippen LogP contribution in [0, 0.1) is 17.3 Å². The second kappa shape index (κ2) is 5.59. The minimum absolute atomic E-state index is 0.128. The molecular formula is C23H22O. The van der Waals surface area contributed by atoms with E-state index in [4.69, 9.17) is 0 Å². The normalized spacial score (nSPS) is 24.6. The van der Waals surface area contributed by atoms with E-state index in [1.807, 2.05) is 12.1 Å². The topological polar surface area (TPSA) is 17.1 Å². The molecule has 0 heterocycles. The summed E-state index contributed by atoms with van der Waals surface area (Å²) in [6, 6.07) is 19.0. The standard InChI is InChI=1S/C23H22O/c1-23(2)20-15-21(23)22(24)14-19(20)13-10-16-8-11-18(12-9-16)17-6-4-3-5-7-17/h3-14,20-21H,15H2,1-2H3. The molecule has 2 unspecified atom stereocenters. The molecule has 0 N–H and O–H groups in total. The number of rotatable bonds is 3. The zero-order chi connectivity index (χ0) is 16.7. The van der Waals surface area contributed by atoms with E-state index in [9.17, 15) is 4.79 Å². The van der Waals surface area contributed by atoms with Gasteiger partial charge < -0.3 is 0 Å². The van der Waals surface area contributed by atoms with Crippen molar-refractivity contribution >= 4 is 11.9 Å². The minimum atomic E-state index is 0.128. The fraction of sp³-hybridized carbons (Fsp3) is 0.261. The van der Waals surface area contributed by atoms with Gasteiger partial charge >= 0.3 is 0 Å². The summed E-state index contributed by atoms with van der Waals surface area (Å²) in [5, 5.41) is 0. The number of benzene rings is 2. The zero-order valence-corrected chi connectivity index (χ0v) is 14.2. The highest BCUT2D eigenvalue weighted by atomic mass is 16.1. The van der Waals surface area contributed by atoms with Crippen molar-refractivity contribution in [1.29, 1.82) is 0 Å². The van der Waals surface area contributed by atoms with Crippen LogP contribution in [0.2, 0.25) is 0 Å². The highest BCUT2D eigenvalue weighted by Gasteiger charge is 2.54. The Morgan fingerprint density at radius 1 is 0.875 bits per heavy atom. The lowest BCUT2D eigenvalue weighted by Crippen LogP contribution is -2.52. The lowest BCUT2D eigenvalue weighted by Gasteiger charge is -2.54. The van der Waals surface area contributed by atoms with Crippen molar-refractivity contribution in [2.24, 2.45) is 17.3 Å². The van der Waals surface area contributed by atoms with Crippen molar-refractivity contribution < 1.29 is 4.79 Å². The van der Waals surface area contributed by atoms with Crippen LogP contribution in [-0.2, 0) is 4.79 Å². The molecule has 2 aromatic rings. The highest BCUT2D eigenvalue weighted by Crippen LogP contribution is 2.58. The first-order valence-corrected chi connectivity index (χ1v) is 8.65. The fourth-order valence-electron chi connectivity index (χ4n) is 4.11. The average molecular weight is 314 g/mol. The second-order valence-electron chi connectivity index (χ2n) is 7.53. The van der Waals surface area contributed by atoms with E-state index in [0.717, 1.165) is 6.42 Å². The zero-order valence-electron chi connectivity index (χ0n) is 14.2. The third kappa shape index (κ3) is 2.45. The first-order chi connectivity index (χ1) is 11.6. The summed E-state index contributed by atoms with van der Waals surface area (Å²) in [5.41, 5.74) is 4.95. The molecule has 120 valence electrons. The van der Waals surface area contributed by atoms with Gasteiger partial charge in [-0.1, -0.05) is 80.6 Å². The Hall–Kier alpha value is -2.41. The number of hydrogen-bond donors (Lipinski definition) is 0. The van der Waals surface area contributed by atoms with E-state index in [2.05, 4.69) is 74.5 Å². The molecule has 5 rings (SSSR count). The third-order valence-electron chi connectivity index (χ3n) is 5.81. The molecule has 3 aliphatic carbocycles. The molecule has 3 aliphatic rings. The van der Waals surface area contributed by atoms with Gasteiger partial charge in [0.2, 0.25) is 0 Å². The molecule has 0 aliphatic heterocycles. The predicted molar refractivity (Wildman–Crippen MR) is 99.4 cm³/mol. The molecule has 24 heavy (non-hydrogen) atoms. The molecule has 1 nitrogen and oxygen atoms in total. The molecule has 0 amide bonds. The van der Waals surface area contributed by atoms with Crippen LogP contribution in [0.5, 0.6) is 0 Å². The maximum absolute atomic E-state index is 12.2. The van der Waals surface area contributed by atoms with Crippen LogP contribution in [0.4, 0.5) is 0 Å². The van der Waals surface area contributed by atoms with Crippen LogP contribution in [0.25, 0.3) is 17.2 Å². The quantitative estimate of drug-likeness (QED) is 0.727. The summed E-state index contributed by atoms with van der Waals surface area (Å²) >= 11 is 0. The molecule has 2 bridgehead atoms. The SMILES string of the molecule is CC1(C)C2CC1C(C=Cc1ccc(-c3ccccc3)cc1)=CC2=O. The number of allylic oxidation sites excluding steroid dienone is 3. The van der Waals surface area contributed by atoms with Crippen LogP contribution < -0.4 is 0 Å². The minimum Gasteiger partial charge on any atom is -0.295 e. The third-order valence-corrected chi connectivity index (χ3v) is 5.81. The number of ketones is 1. The molecule has 0 radical (unpaired) electrons. The number of fused-ring (bicyclic) bond motifs is 1. The molecule has 1 heteroatoms. The van der Waals surface area contributed by atoms with E-state index in [0.29, 0.717) is 11.7 Å². The summed E-state index contributed by atoms with van der Waals surface area (Å²) in [7, 11) is 0. The summed E-state index contributed by atoms with van der Waals surface area (Å²) < 4.78 is 0. The van der Waals surface area contributed by atoms with E-state index in [1.54, 1.807) is 0 Å². The molecule has 2 atom stereocenters. The fourth-order valence-corrected chi connectivity index (χ4v) is 4.11. The monoisotopic (exact) mass is 314 g/mol. The van der Waals surface area contributed by atoms with Gasteiger partial charge in [0, 0.05) is 5.92 Å². The molecular weight excluding hydrogens is 292 g/mol. The Kier molecular flexibility index (Phi) is 3.53. The van der Waals surface area contributed by atoms with Crippen molar-refractivity contribution in [3.8, 4) is 11.1 Å². The average Bonchev–Trinajstić information content (AvgIpc) is 2.60. The van der Waals surface area contributed by atoms with Gasteiger partial charge in [0.05, 0.1) is 0 Å². The van der Waals surface area contributed by atoms with Gasteiger partial charge in [-0.3, -0.25) is 4.79 Å². The van der Waals surface area contributed by atoms with Gasteiger partial charge in [-0.05, 0) is 46.1 Å². The first-order valence-electron chi connectivity index (χ1n) is 8.65. The van der Waals surface area contributed by atoms with Crippen molar-refractivity contribution in [3.63, 3.8) is 0 Å². The van der Waals surface area contributed by atoms with Gasteiger partial charge in [-0.15, -0.1) is 0 Å². The van der Waals surface area contributed by atoms with E-state index >= 15 is 0 Å². The first kappa shape index (κ1) is 15.1. The van der Waals surface area contributed by atoms with Crippen molar-refractivity contribution in [3.05, 3.63) is 77.9 Å².